The normalized spacial score (nSPS) is 10.7. The number of pyridine rings is 1. The van der Waals surface area contributed by atoms with Crippen LogP contribution in [-0.2, 0) is 13.1 Å². The van der Waals surface area contributed by atoms with Gasteiger partial charge in [0.2, 0.25) is 0 Å². The van der Waals surface area contributed by atoms with Crippen molar-refractivity contribution >= 4 is 11.3 Å². The lowest BCUT2D eigenvalue weighted by Crippen LogP contribution is -2.14. The third-order valence-electron chi connectivity index (χ3n) is 3.14. The summed E-state index contributed by atoms with van der Waals surface area (Å²) in [4.78, 5) is 7.19. The molecule has 0 aliphatic heterocycles. The average Bonchev–Trinajstić information content (AvgIpc) is 2.79. The highest BCUT2D eigenvalue weighted by Gasteiger charge is 2.09. The minimum Gasteiger partial charge on any atom is -0.496 e. The zero-order chi connectivity index (χ0) is 13.8. The highest BCUT2D eigenvalue weighted by molar-refractivity contribution is 7.11. The van der Waals surface area contributed by atoms with Gasteiger partial charge in [0, 0.05) is 40.2 Å². The van der Waals surface area contributed by atoms with E-state index in [4.69, 9.17) is 4.74 Å². The third kappa shape index (κ3) is 3.33. The Hall–Kier alpha value is -1.39. The second-order valence-corrected chi connectivity index (χ2v) is 6.03. The molecule has 1 N–H and O–H groups in total. The summed E-state index contributed by atoms with van der Waals surface area (Å²) >= 11 is 1.83. The molecule has 2 rings (SSSR count). The number of ether oxygens (including phenoxy) is 1. The minimum atomic E-state index is 0.763. The first-order valence-electron chi connectivity index (χ1n) is 6.37. The number of aromatic nitrogens is 1. The Labute approximate surface area is 118 Å². The number of methoxy groups -OCH3 is 1. The maximum Gasteiger partial charge on any atom is 0.128 e. The van der Waals surface area contributed by atoms with Crippen LogP contribution in [0, 0.1) is 20.8 Å². The van der Waals surface area contributed by atoms with Gasteiger partial charge in [0.05, 0.1) is 12.8 Å². The summed E-state index contributed by atoms with van der Waals surface area (Å²) in [5.74, 6) is 0.943. The van der Waals surface area contributed by atoms with E-state index in [0.29, 0.717) is 0 Å². The lowest BCUT2D eigenvalue weighted by Gasteiger charge is -2.12. The molecule has 19 heavy (non-hydrogen) atoms. The molecule has 2 aromatic rings. The fraction of sp³-hybridized carbons (Fsp3) is 0.400. The van der Waals surface area contributed by atoms with Crippen LogP contribution in [0.25, 0.3) is 0 Å². The van der Waals surface area contributed by atoms with E-state index in [9.17, 15) is 0 Å². The third-order valence-corrected chi connectivity index (χ3v) is 4.14. The largest absolute Gasteiger partial charge is 0.496 e. The first-order chi connectivity index (χ1) is 9.11. The number of rotatable bonds is 5. The number of aryl methyl sites for hydroxylation is 2. The topological polar surface area (TPSA) is 34.1 Å². The van der Waals surface area contributed by atoms with Gasteiger partial charge in [-0.25, -0.2) is 0 Å². The molecule has 2 aromatic heterocycles. The monoisotopic (exact) mass is 276 g/mol. The van der Waals surface area contributed by atoms with E-state index in [0.717, 1.165) is 35.7 Å². The van der Waals surface area contributed by atoms with Crippen molar-refractivity contribution in [3.8, 4) is 5.75 Å². The molecule has 0 amide bonds. The number of hydrogen-bond donors (Lipinski definition) is 1. The molecule has 0 fully saturated rings. The van der Waals surface area contributed by atoms with Gasteiger partial charge in [-0.05, 0) is 32.9 Å². The van der Waals surface area contributed by atoms with E-state index < -0.39 is 0 Å². The lowest BCUT2D eigenvalue weighted by atomic mass is 10.1. The lowest BCUT2D eigenvalue weighted by molar-refractivity contribution is 0.406. The van der Waals surface area contributed by atoms with Gasteiger partial charge in [-0.3, -0.25) is 4.98 Å². The van der Waals surface area contributed by atoms with Gasteiger partial charge in [-0.1, -0.05) is 0 Å². The summed E-state index contributed by atoms with van der Waals surface area (Å²) in [6, 6.07) is 4.32. The Kier molecular flexibility index (Phi) is 4.56. The second-order valence-electron chi connectivity index (χ2n) is 4.66. The van der Waals surface area contributed by atoms with E-state index in [1.165, 1.54) is 9.75 Å². The second kappa shape index (κ2) is 6.17. The molecule has 4 heteroatoms. The molecule has 0 aliphatic rings. The summed E-state index contributed by atoms with van der Waals surface area (Å²) in [6.07, 6.45) is 1.87. The molecule has 2 heterocycles. The molecule has 0 bridgehead atoms. The van der Waals surface area contributed by atoms with Crippen molar-refractivity contribution in [3.05, 3.63) is 44.9 Å². The van der Waals surface area contributed by atoms with Gasteiger partial charge in [0.15, 0.2) is 0 Å². The van der Waals surface area contributed by atoms with Crippen molar-refractivity contribution < 1.29 is 4.74 Å². The predicted molar refractivity (Wildman–Crippen MR) is 79.9 cm³/mol. The van der Waals surface area contributed by atoms with Crippen LogP contribution in [0.5, 0.6) is 5.75 Å². The first kappa shape index (κ1) is 14.0. The molecule has 102 valence electrons. The molecule has 0 unspecified atom stereocenters. The fourth-order valence-electron chi connectivity index (χ4n) is 2.13. The Bertz CT molecular complexity index is 563. The van der Waals surface area contributed by atoms with Crippen LogP contribution in [0.15, 0.2) is 18.3 Å². The smallest absolute Gasteiger partial charge is 0.128 e. The van der Waals surface area contributed by atoms with Gasteiger partial charge >= 0.3 is 0 Å². The summed E-state index contributed by atoms with van der Waals surface area (Å²) in [6.45, 7) is 7.86. The highest BCUT2D eigenvalue weighted by Crippen LogP contribution is 2.24. The maximum atomic E-state index is 5.42. The van der Waals surface area contributed by atoms with Crippen LogP contribution in [-0.4, -0.2) is 12.1 Å². The Morgan fingerprint density at radius 3 is 2.63 bits per heavy atom. The Morgan fingerprint density at radius 2 is 2.00 bits per heavy atom. The van der Waals surface area contributed by atoms with Crippen LogP contribution >= 0.6 is 11.3 Å². The summed E-state index contributed by atoms with van der Waals surface area (Å²) < 4.78 is 5.42. The van der Waals surface area contributed by atoms with Crippen molar-refractivity contribution in [2.45, 2.75) is 33.9 Å². The van der Waals surface area contributed by atoms with Crippen LogP contribution in [0.3, 0.4) is 0 Å². The van der Waals surface area contributed by atoms with Crippen molar-refractivity contribution in [2.24, 2.45) is 0 Å². The molecule has 0 saturated carbocycles. The van der Waals surface area contributed by atoms with Gasteiger partial charge in [-0.2, -0.15) is 0 Å². The maximum absolute atomic E-state index is 5.42. The molecule has 0 radical (unpaired) electrons. The Morgan fingerprint density at radius 1 is 1.21 bits per heavy atom. The minimum absolute atomic E-state index is 0.763. The van der Waals surface area contributed by atoms with Crippen LogP contribution in [0.4, 0.5) is 0 Å². The molecule has 0 aromatic carbocycles. The van der Waals surface area contributed by atoms with Gasteiger partial charge in [-0.15, -0.1) is 11.3 Å². The molecule has 0 atom stereocenters. The van der Waals surface area contributed by atoms with E-state index in [1.807, 2.05) is 24.5 Å². The molecule has 0 aliphatic carbocycles. The van der Waals surface area contributed by atoms with Gasteiger partial charge in [0.25, 0.3) is 0 Å². The van der Waals surface area contributed by atoms with Crippen molar-refractivity contribution in [1.82, 2.24) is 10.3 Å². The molecule has 0 spiro atoms. The zero-order valence-corrected chi connectivity index (χ0v) is 12.7. The molecular weight excluding hydrogens is 256 g/mol. The van der Waals surface area contributed by atoms with Crippen LogP contribution in [0.2, 0.25) is 0 Å². The van der Waals surface area contributed by atoms with E-state index in [1.54, 1.807) is 7.11 Å². The highest BCUT2D eigenvalue weighted by atomic mass is 32.1. The van der Waals surface area contributed by atoms with Crippen molar-refractivity contribution in [3.63, 3.8) is 0 Å². The SMILES string of the molecule is COc1c(C)cnc(CNCc2ccc(C)s2)c1C. The van der Waals surface area contributed by atoms with Crippen molar-refractivity contribution in [2.75, 3.05) is 7.11 Å². The molecular formula is C15H20N2OS. The van der Waals surface area contributed by atoms with E-state index >= 15 is 0 Å². The number of thiophene rings is 1. The fourth-order valence-corrected chi connectivity index (χ4v) is 2.99. The zero-order valence-electron chi connectivity index (χ0n) is 11.9. The first-order valence-corrected chi connectivity index (χ1v) is 7.18. The van der Waals surface area contributed by atoms with E-state index in [2.05, 4.69) is 36.3 Å². The standard InChI is InChI=1S/C15H20N2OS/c1-10-7-17-14(12(3)15(10)18-4)9-16-8-13-6-5-11(2)19-13/h5-7,16H,8-9H2,1-4H3. The molecule has 0 saturated heterocycles. The summed E-state index contributed by atoms with van der Waals surface area (Å²) in [5, 5.41) is 3.44. The van der Waals surface area contributed by atoms with Gasteiger partial charge < -0.3 is 10.1 Å². The van der Waals surface area contributed by atoms with Gasteiger partial charge in [0.1, 0.15) is 5.75 Å². The van der Waals surface area contributed by atoms with Crippen LogP contribution in [0.1, 0.15) is 26.6 Å². The average molecular weight is 276 g/mol. The van der Waals surface area contributed by atoms with Crippen molar-refractivity contribution in [1.29, 1.82) is 0 Å². The number of nitrogens with zero attached hydrogens (tertiary/aromatic N) is 1. The number of nitrogens with one attached hydrogen (secondary N) is 1. The summed E-state index contributed by atoms with van der Waals surface area (Å²) in [5.41, 5.74) is 3.26. The predicted octanol–water partition coefficient (Wildman–Crippen LogP) is 3.37. The van der Waals surface area contributed by atoms with E-state index in [-0.39, 0.29) is 0 Å². The quantitative estimate of drug-likeness (QED) is 0.909. The number of hydrogen-bond acceptors (Lipinski definition) is 4. The summed E-state index contributed by atoms with van der Waals surface area (Å²) in [7, 11) is 1.71. The Balaban J connectivity index is 2.00. The van der Waals surface area contributed by atoms with Crippen LogP contribution < -0.4 is 10.1 Å². The molecule has 3 nitrogen and oxygen atoms in total.